The predicted octanol–water partition coefficient (Wildman–Crippen LogP) is 2.21. The van der Waals surface area contributed by atoms with Crippen molar-refractivity contribution in [2.24, 2.45) is 5.92 Å². The molecule has 2 rings (SSSR count). The van der Waals surface area contributed by atoms with E-state index in [2.05, 4.69) is 0 Å². The van der Waals surface area contributed by atoms with Crippen LogP contribution in [0.2, 0.25) is 0 Å². The molecule has 0 spiro atoms. The summed E-state index contributed by atoms with van der Waals surface area (Å²) in [5.41, 5.74) is 0.222. The van der Waals surface area contributed by atoms with Gasteiger partial charge in [0.1, 0.15) is 23.7 Å². The Morgan fingerprint density at radius 3 is 2.93 bits per heavy atom. The number of carbonyl (C=O) groups is 1. The van der Waals surface area contributed by atoms with Gasteiger partial charge >= 0.3 is 5.97 Å². The smallest absolute Gasteiger partial charge is 0.339 e. The number of furan rings is 1. The lowest BCUT2D eigenvalue weighted by molar-refractivity contribution is 0.0695. The van der Waals surface area contributed by atoms with Gasteiger partial charge in [0, 0.05) is 6.61 Å². The molecule has 1 aliphatic rings. The number of aryl methyl sites for hydroxylation is 1. The van der Waals surface area contributed by atoms with Gasteiger partial charge in [0.05, 0.1) is 0 Å². The van der Waals surface area contributed by atoms with Gasteiger partial charge in [0.15, 0.2) is 0 Å². The number of rotatable bonds is 5. The van der Waals surface area contributed by atoms with E-state index in [4.69, 9.17) is 14.3 Å². The van der Waals surface area contributed by atoms with Crippen LogP contribution in [0.5, 0.6) is 0 Å². The van der Waals surface area contributed by atoms with Crippen LogP contribution in [0, 0.1) is 12.8 Å². The number of hydrogen-bond acceptors (Lipinski definition) is 3. The lowest BCUT2D eigenvalue weighted by Crippen LogP contribution is -1.96. The molecule has 1 aromatic rings. The minimum absolute atomic E-state index is 0.222. The molecule has 15 heavy (non-hydrogen) atoms. The zero-order valence-electron chi connectivity index (χ0n) is 8.66. The van der Waals surface area contributed by atoms with Crippen LogP contribution >= 0.6 is 0 Å². The van der Waals surface area contributed by atoms with Crippen molar-refractivity contribution in [3.63, 3.8) is 0 Å². The number of ether oxygens (including phenoxy) is 1. The lowest BCUT2D eigenvalue weighted by Gasteiger charge is -1.98. The van der Waals surface area contributed by atoms with E-state index in [9.17, 15) is 4.79 Å². The predicted molar refractivity (Wildman–Crippen MR) is 52.8 cm³/mol. The van der Waals surface area contributed by atoms with Crippen molar-refractivity contribution in [3.8, 4) is 0 Å². The summed E-state index contributed by atoms with van der Waals surface area (Å²) < 4.78 is 10.7. The third kappa shape index (κ3) is 2.59. The first-order valence-corrected chi connectivity index (χ1v) is 5.07. The van der Waals surface area contributed by atoms with Crippen molar-refractivity contribution in [2.75, 3.05) is 6.61 Å². The van der Waals surface area contributed by atoms with Crippen LogP contribution in [0.4, 0.5) is 0 Å². The molecule has 82 valence electrons. The van der Waals surface area contributed by atoms with Crippen LogP contribution in [0.3, 0.4) is 0 Å². The molecule has 0 radical (unpaired) electrons. The van der Waals surface area contributed by atoms with Crippen LogP contribution in [-0.4, -0.2) is 17.7 Å². The molecule has 0 amide bonds. The zero-order valence-corrected chi connectivity index (χ0v) is 8.66. The summed E-state index contributed by atoms with van der Waals surface area (Å²) in [4.78, 5) is 10.7. The average molecular weight is 210 g/mol. The second-order valence-electron chi connectivity index (χ2n) is 3.95. The molecule has 1 fully saturated rings. The number of carboxylic acids is 1. The molecule has 1 aromatic heterocycles. The molecular weight excluding hydrogens is 196 g/mol. The zero-order chi connectivity index (χ0) is 10.8. The maximum Gasteiger partial charge on any atom is 0.339 e. The van der Waals surface area contributed by atoms with Gasteiger partial charge in [0.25, 0.3) is 0 Å². The molecule has 0 bridgehead atoms. The number of aromatic carboxylic acids is 1. The van der Waals surface area contributed by atoms with E-state index >= 15 is 0 Å². The average Bonchev–Trinajstić information content (AvgIpc) is 2.90. The molecule has 4 nitrogen and oxygen atoms in total. The molecule has 0 unspecified atom stereocenters. The normalized spacial score (nSPS) is 15.5. The molecule has 1 heterocycles. The third-order valence-corrected chi connectivity index (χ3v) is 2.49. The van der Waals surface area contributed by atoms with Gasteiger partial charge in [-0.15, -0.1) is 0 Å². The number of carboxylic acid groups (broad SMARTS) is 1. The van der Waals surface area contributed by atoms with E-state index in [0.29, 0.717) is 24.0 Å². The van der Waals surface area contributed by atoms with E-state index in [1.807, 2.05) is 0 Å². The van der Waals surface area contributed by atoms with Crippen LogP contribution in [-0.2, 0) is 11.3 Å². The molecule has 1 saturated carbocycles. The summed E-state index contributed by atoms with van der Waals surface area (Å²) in [5.74, 6) is 0.780. The van der Waals surface area contributed by atoms with E-state index in [1.54, 1.807) is 6.92 Å². The molecule has 0 aromatic carbocycles. The molecule has 4 heteroatoms. The van der Waals surface area contributed by atoms with E-state index in [1.165, 1.54) is 18.9 Å². The van der Waals surface area contributed by atoms with Crippen molar-refractivity contribution in [3.05, 3.63) is 23.2 Å². The van der Waals surface area contributed by atoms with Gasteiger partial charge in [-0.1, -0.05) is 0 Å². The van der Waals surface area contributed by atoms with E-state index in [-0.39, 0.29) is 5.56 Å². The molecule has 1 N–H and O–H groups in total. The van der Waals surface area contributed by atoms with Gasteiger partial charge in [-0.25, -0.2) is 4.79 Å². The summed E-state index contributed by atoms with van der Waals surface area (Å²) in [7, 11) is 0. The fourth-order valence-electron chi connectivity index (χ4n) is 1.44. The fourth-order valence-corrected chi connectivity index (χ4v) is 1.44. The first kappa shape index (κ1) is 10.2. The van der Waals surface area contributed by atoms with Crippen LogP contribution in [0.25, 0.3) is 0 Å². The highest BCUT2D eigenvalue weighted by atomic mass is 16.5. The quantitative estimate of drug-likeness (QED) is 0.809. The van der Waals surface area contributed by atoms with Gasteiger partial charge in [-0.3, -0.25) is 0 Å². The largest absolute Gasteiger partial charge is 0.478 e. The third-order valence-electron chi connectivity index (χ3n) is 2.49. The second kappa shape index (κ2) is 4.06. The highest BCUT2D eigenvalue weighted by Crippen LogP contribution is 2.29. The first-order valence-electron chi connectivity index (χ1n) is 5.07. The summed E-state index contributed by atoms with van der Waals surface area (Å²) in [5, 5.41) is 8.80. The van der Waals surface area contributed by atoms with Crippen molar-refractivity contribution >= 4 is 5.97 Å². The maximum atomic E-state index is 10.7. The lowest BCUT2D eigenvalue weighted by atomic mass is 10.2. The standard InChI is InChI=1S/C11H14O4/c1-7-10(11(12)13)4-9(15-7)6-14-5-8-2-3-8/h4,8H,2-3,5-6H2,1H3,(H,12,13). The molecule has 0 aliphatic heterocycles. The Hall–Kier alpha value is -1.29. The second-order valence-corrected chi connectivity index (χ2v) is 3.95. The first-order chi connectivity index (χ1) is 7.16. The number of hydrogen-bond donors (Lipinski definition) is 1. The monoisotopic (exact) mass is 210 g/mol. The van der Waals surface area contributed by atoms with Crippen molar-refractivity contribution in [2.45, 2.75) is 26.4 Å². The van der Waals surface area contributed by atoms with Crippen molar-refractivity contribution in [1.82, 2.24) is 0 Å². The van der Waals surface area contributed by atoms with Crippen molar-refractivity contribution in [1.29, 1.82) is 0 Å². The minimum Gasteiger partial charge on any atom is -0.478 e. The van der Waals surface area contributed by atoms with Crippen molar-refractivity contribution < 1.29 is 19.1 Å². The summed E-state index contributed by atoms with van der Waals surface area (Å²) >= 11 is 0. The minimum atomic E-state index is -0.954. The Kier molecular flexibility index (Phi) is 2.77. The Balaban J connectivity index is 1.89. The van der Waals surface area contributed by atoms with Crippen LogP contribution < -0.4 is 0 Å². The molecular formula is C11H14O4. The Morgan fingerprint density at radius 2 is 2.40 bits per heavy atom. The van der Waals surface area contributed by atoms with Crippen LogP contribution in [0.15, 0.2) is 10.5 Å². The molecule has 0 saturated heterocycles. The fraction of sp³-hybridized carbons (Fsp3) is 0.545. The Morgan fingerprint density at radius 1 is 1.67 bits per heavy atom. The van der Waals surface area contributed by atoms with Gasteiger partial charge in [-0.2, -0.15) is 0 Å². The van der Waals surface area contributed by atoms with E-state index in [0.717, 1.165) is 6.61 Å². The summed E-state index contributed by atoms with van der Waals surface area (Å²) in [6.07, 6.45) is 2.50. The van der Waals surface area contributed by atoms with Crippen LogP contribution in [0.1, 0.15) is 34.7 Å². The summed E-state index contributed by atoms with van der Waals surface area (Å²) in [6, 6.07) is 1.53. The Labute approximate surface area is 87.8 Å². The SMILES string of the molecule is Cc1oc(COCC2CC2)cc1C(=O)O. The van der Waals surface area contributed by atoms with Gasteiger partial charge in [-0.05, 0) is 31.7 Å². The van der Waals surface area contributed by atoms with Gasteiger partial charge in [0.2, 0.25) is 0 Å². The van der Waals surface area contributed by atoms with Gasteiger partial charge < -0.3 is 14.3 Å². The highest BCUT2D eigenvalue weighted by Gasteiger charge is 2.21. The highest BCUT2D eigenvalue weighted by molar-refractivity contribution is 5.88. The maximum absolute atomic E-state index is 10.7. The topological polar surface area (TPSA) is 59.7 Å². The van der Waals surface area contributed by atoms with E-state index < -0.39 is 5.97 Å². The molecule has 0 atom stereocenters. The summed E-state index contributed by atoms with van der Waals surface area (Å²) in [6.45, 7) is 2.76. The molecule has 1 aliphatic carbocycles. The Bertz CT molecular complexity index is 363.